The predicted molar refractivity (Wildman–Crippen MR) is 254 cm³/mol. The quantitative estimate of drug-likeness (QED) is 0.114. The van der Waals surface area contributed by atoms with Crippen molar-refractivity contribution >= 4 is 52.3 Å². The molecule has 1 heterocycles. The van der Waals surface area contributed by atoms with Gasteiger partial charge < -0.3 is 0 Å². The number of halogens is 2. The topological polar surface area (TPSA) is 0 Å². The van der Waals surface area contributed by atoms with Crippen LogP contribution in [0.2, 0.25) is 0 Å². The first kappa shape index (κ1) is 39.9. The van der Waals surface area contributed by atoms with Gasteiger partial charge in [-0.1, -0.05) is 0 Å². The Balaban J connectivity index is 1.37. The molecule has 6 aromatic carbocycles. The van der Waals surface area contributed by atoms with Crippen LogP contribution in [0.3, 0.4) is 0 Å². The normalized spacial score (nSPS) is 17.8. The fraction of sp³-hybridized carbons (Fsp3) is 0.259. The second kappa shape index (κ2) is 15.5. The number of hydrogen-bond acceptors (Lipinski definition) is 0. The average Bonchev–Trinajstić information content (AvgIpc) is 3.93. The number of fused-ring (bicyclic) bond motifs is 5. The Bertz CT molecular complexity index is 2490. The van der Waals surface area contributed by atoms with E-state index in [-0.39, 0.29) is 7.25 Å². The molecule has 1 aliphatic heterocycles. The van der Waals surface area contributed by atoms with E-state index in [0.717, 1.165) is 25.7 Å². The molecule has 2 unspecified atom stereocenters. The Hall–Kier alpha value is -3.52. The van der Waals surface area contributed by atoms with Gasteiger partial charge in [-0.3, -0.25) is 0 Å². The summed E-state index contributed by atoms with van der Waals surface area (Å²) in [6, 6.07) is 48.0. The van der Waals surface area contributed by atoms with E-state index >= 15 is 0 Å². The number of rotatable bonds is 11. The molecule has 3 aliphatic rings. The van der Waals surface area contributed by atoms with Crippen LogP contribution >= 0.6 is 17.0 Å². The fourth-order valence-electron chi connectivity index (χ4n) is 11.2. The maximum atomic E-state index is 9.32. The van der Waals surface area contributed by atoms with E-state index in [1.165, 1.54) is 91.6 Å². The zero-order chi connectivity index (χ0) is 40.4. The number of hydrogen-bond donors (Lipinski definition) is 0. The van der Waals surface area contributed by atoms with E-state index in [4.69, 9.17) is 0 Å². The third-order valence-corrected chi connectivity index (χ3v) is 36.2. The van der Waals surface area contributed by atoms with Crippen LogP contribution < -0.4 is 13.6 Å². The van der Waals surface area contributed by atoms with Gasteiger partial charge in [-0.25, -0.2) is 0 Å². The van der Waals surface area contributed by atoms with Gasteiger partial charge in [0, 0.05) is 0 Å². The summed E-state index contributed by atoms with van der Waals surface area (Å²) in [5.74, 6) is 1.06. The first-order chi connectivity index (χ1) is 28.0. The molecule has 0 nitrogen and oxygen atoms in total. The molecule has 6 aromatic rings. The van der Waals surface area contributed by atoms with E-state index in [2.05, 4.69) is 181 Å². The van der Waals surface area contributed by atoms with Crippen molar-refractivity contribution in [3.05, 3.63) is 172 Å². The molecular formula is C54H55Cl2SiZr. The minimum atomic E-state index is -5.59. The summed E-state index contributed by atoms with van der Waals surface area (Å²) in [6.07, 6.45) is 8.90. The van der Waals surface area contributed by atoms with Crippen molar-refractivity contribution in [2.24, 2.45) is 11.8 Å². The van der Waals surface area contributed by atoms with Crippen LogP contribution in [0.15, 0.2) is 139 Å². The maximum absolute atomic E-state index is 9.32. The molecule has 293 valence electrons. The van der Waals surface area contributed by atoms with Crippen LogP contribution in [0, 0.1) is 11.8 Å². The van der Waals surface area contributed by atoms with Crippen LogP contribution in [0.4, 0.5) is 0 Å². The Morgan fingerprint density at radius 3 is 1.48 bits per heavy atom. The molecule has 0 saturated carbocycles. The zero-order valence-electron chi connectivity index (χ0n) is 34.9. The Morgan fingerprint density at radius 1 is 0.534 bits per heavy atom. The molecule has 2 aliphatic carbocycles. The van der Waals surface area contributed by atoms with Crippen LogP contribution in [-0.2, 0) is 29.2 Å². The van der Waals surface area contributed by atoms with Gasteiger partial charge in [-0.05, 0) is 0 Å². The Kier molecular flexibility index (Phi) is 10.7. The van der Waals surface area contributed by atoms with Crippen molar-refractivity contribution in [1.29, 1.82) is 0 Å². The fourth-order valence-corrected chi connectivity index (χ4v) is 39.4. The van der Waals surface area contributed by atoms with Gasteiger partial charge in [0.2, 0.25) is 0 Å². The molecule has 0 amide bonds. The molecule has 4 heteroatoms. The molecule has 0 spiro atoms. The summed E-state index contributed by atoms with van der Waals surface area (Å²) in [4.78, 5) is 0. The third-order valence-electron chi connectivity index (χ3n) is 13.4. The molecule has 0 fully saturated rings. The molecule has 0 bridgehead atoms. The van der Waals surface area contributed by atoms with E-state index in [0.29, 0.717) is 11.8 Å². The minimum absolute atomic E-state index is 0.0778. The van der Waals surface area contributed by atoms with Crippen molar-refractivity contribution in [3.63, 3.8) is 0 Å². The summed E-state index contributed by atoms with van der Waals surface area (Å²) in [7, 11) is 17.8. The van der Waals surface area contributed by atoms with Gasteiger partial charge in [0.25, 0.3) is 0 Å². The zero-order valence-corrected chi connectivity index (χ0v) is 40.3. The van der Waals surface area contributed by atoms with Crippen molar-refractivity contribution in [2.75, 3.05) is 0 Å². The predicted octanol–water partition coefficient (Wildman–Crippen LogP) is 13.2. The number of allylic oxidation sites excluding steroid dienone is 2. The SMILES string of the molecule is CCC1=Cc2c(ccc(CC(C)C)c2-c2ccccc2)[CH]1[Zr]([Cl])([Cl])([c]1cccc2c1[SiH2]c1ccccc1-2)[CH]1C(CC)=Cc2c1ccc(CC(C)C)c2-c1ccccc1. The van der Waals surface area contributed by atoms with Gasteiger partial charge in [0.05, 0.1) is 0 Å². The third kappa shape index (κ3) is 6.39. The van der Waals surface area contributed by atoms with E-state index in [1.807, 2.05) is 0 Å². The van der Waals surface area contributed by atoms with Crippen molar-refractivity contribution in [2.45, 2.75) is 74.5 Å². The van der Waals surface area contributed by atoms with Gasteiger partial charge in [-0.15, -0.1) is 0 Å². The van der Waals surface area contributed by atoms with Gasteiger partial charge in [0.15, 0.2) is 0 Å². The molecule has 2 atom stereocenters. The molecule has 0 saturated heterocycles. The first-order valence-electron chi connectivity index (χ1n) is 21.6. The van der Waals surface area contributed by atoms with E-state index < -0.39 is 25.9 Å². The second-order valence-electron chi connectivity index (χ2n) is 18.0. The van der Waals surface area contributed by atoms with Crippen LogP contribution in [-0.4, -0.2) is 9.52 Å². The van der Waals surface area contributed by atoms with Gasteiger partial charge in [0.1, 0.15) is 0 Å². The van der Waals surface area contributed by atoms with Crippen LogP contribution in [0.25, 0.3) is 45.5 Å². The van der Waals surface area contributed by atoms with Crippen molar-refractivity contribution in [1.82, 2.24) is 0 Å². The summed E-state index contributed by atoms with van der Waals surface area (Å²) in [5.41, 5.74) is 18.9. The van der Waals surface area contributed by atoms with E-state index in [1.54, 1.807) is 0 Å². The molecular weight excluding hydrogens is 839 g/mol. The number of benzene rings is 6. The van der Waals surface area contributed by atoms with Crippen LogP contribution in [0.5, 0.6) is 0 Å². The van der Waals surface area contributed by atoms with Crippen molar-refractivity contribution in [3.8, 4) is 33.4 Å². The monoisotopic (exact) mass is 891 g/mol. The summed E-state index contributed by atoms with van der Waals surface area (Å²) < 4.78 is 1.15. The molecule has 9 rings (SSSR count). The molecule has 58 heavy (non-hydrogen) atoms. The molecule has 0 aromatic heterocycles. The van der Waals surface area contributed by atoms with E-state index in [9.17, 15) is 17.0 Å². The van der Waals surface area contributed by atoms with Crippen molar-refractivity contribution < 1.29 is 16.4 Å². The van der Waals surface area contributed by atoms with Crippen LogP contribution in [0.1, 0.15) is 95.0 Å². The summed E-state index contributed by atoms with van der Waals surface area (Å²) in [6.45, 7) is 14.0. The second-order valence-corrected chi connectivity index (χ2v) is 40.4. The Morgan fingerprint density at radius 2 is 1.00 bits per heavy atom. The van der Waals surface area contributed by atoms with Gasteiger partial charge >= 0.3 is 360 Å². The average molecular weight is 894 g/mol. The Labute approximate surface area is 357 Å². The first-order valence-corrected chi connectivity index (χ1v) is 33.5. The summed E-state index contributed by atoms with van der Waals surface area (Å²) in [5, 5.41) is 2.98. The molecule has 0 N–H and O–H groups in total. The molecule has 0 radical (unpaired) electrons. The standard InChI is InChI=1S/2C21H23.C12H9Si.2ClH.Zr/c2*1-4-16-13-18-10-11-19(12-15(2)3)21(20(18)14-16)17-8-6-5-7-9-17;1-3-7-11-9(5-1)10-6-2-4-8-12(10)13-11;;;/h2*5-11,13-15H,4,12H2,1-3H3;1-7H,13H2;2*1H;/q;;;;;+2/p-2. The van der Waals surface area contributed by atoms with Gasteiger partial charge in [-0.2, -0.15) is 0 Å². The summed E-state index contributed by atoms with van der Waals surface area (Å²) >= 11 is -5.59.